The van der Waals surface area contributed by atoms with Crippen molar-refractivity contribution >= 4 is 5.91 Å². The van der Waals surface area contributed by atoms with E-state index in [1.54, 1.807) is 0 Å². The molecular weight excluding hydrogens is 230 g/mol. The van der Waals surface area contributed by atoms with Crippen molar-refractivity contribution in [2.75, 3.05) is 0 Å². The molecule has 1 atom stereocenters. The highest BCUT2D eigenvalue weighted by molar-refractivity contribution is 5.97. The van der Waals surface area contributed by atoms with Crippen LogP contribution in [0, 0.1) is 6.92 Å². The van der Waals surface area contributed by atoms with E-state index < -0.39 is 6.23 Å². The lowest BCUT2D eigenvalue weighted by Crippen LogP contribution is -2.34. The van der Waals surface area contributed by atoms with Gasteiger partial charge in [-0.1, -0.05) is 0 Å². The molecule has 1 amide bonds. The van der Waals surface area contributed by atoms with Crippen molar-refractivity contribution in [3.8, 4) is 0 Å². The lowest BCUT2D eigenvalue weighted by Gasteiger charge is -2.21. The number of furan rings is 1. The topological polar surface area (TPSA) is 53.7 Å². The summed E-state index contributed by atoms with van der Waals surface area (Å²) >= 11 is 0. The zero-order valence-electron chi connectivity index (χ0n) is 10.5. The SMILES string of the molecule is Cc1ccc(CN2C(=O)C3=C(CCCC3)C2O)o1. The largest absolute Gasteiger partial charge is 0.464 e. The predicted molar refractivity (Wildman–Crippen MR) is 65.5 cm³/mol. The molecule has 1 aliphatic heterocycles. The molecular formula is C14H17NO3. The first-order chi connectivity index (χ1) is 8.66. The molecule has 1 aromatic rings. The molecule has 18 heavy (non-hydrogen) atoms. The summed E-state index contributed by atoms with van der Waals surface area (Å²) in [5.41, 5.74) is 1.76. The smallest absolute Gasteiger partial charge is 0.252 e. The fraction of sp³-hybridized carbons (Fsp3) is 0.500. The number of amides is 1. The fourth-order valence-corrected chi connectivity index (χ4v) is 2.83. The molecule has 2 heterocycles. The third kappa shape index (κ3) is 1.77. The van der Waals surface area contributed by atoms with Gasteiger partial charge in [0, 0.05) is 5.57 Å². The molecule has 0 saturated heterocycles. The number of hydrogen-bond donors (Lipinski definition) is 1. The highest BCUT2D eigenvalue weighted by Gasteiger charge is 2.38. The maximum atomic E-state index is 12.2. The second-order valence-electron chi connectivity index (χ2n) is 5.03. The first-order valence-electron chi connectivity index (χ1n) is 6.43. The van der Waals surface area contributed by atoms with Crippen LogP contribution in [0.25, 0.3) is 0 Å². The Hall–Kier alpha value is -1.55. The molecule has 0 bridgehead atoms. The third-order valence-corrected chi connectivity index (χ3v) is 3.76. The van der Waals surface area contributed by atoms with Gasteiger partial charge in [-0.05, 0) is 50.3 Å². The summed E-state index contributed by atoms with van der Waals surface area (Å²) in [7, 11) is 0. The van der Waals surface area contributed by atoms with Gasteiger partial charge in [0.15, 0.2) is 6.23 Å². The summed E-state index contributed by atoms with van der Waals surface area (Å²) in [6.07, 6.45) is 3.01. The molecule has 4 heteroatoms. The van der Waals surface area contributed by atoms with Crippen molar-refractivity contribution in [3.63, 3.8) is 0 Å². The van der Waals surface area contributed by atoms with Crippen LogP contribution in [0.2, 0.25) is 0 Å². The van der Waals surface area contributed by atoms with E-state index in [0.29, 0.717) is 6.54 Å². The number of aliphatic hydroxyl groups is 1. The zero-order valence-corrected chi connectivity index (χ0v) is 10.5. The van der Waals surface area contributed by atoms with Crippen molar-refractivity contribution < 1.29 is 14.3 Å². The van der Waals surface area contributed by atoms with Crippen molar-refractivity contribution in [1.82, 2.24) is 4.90 Å². The molecule has 0 radical (unpaired) electrons. The zero-order chi connectivity index (χ0) is 12.7. The van der Waals surface area contributed by atoms with E-state index in [4.69, 9.17) is 4.42 Å². The van der Waals surface area contributed by atoms with E-state index in [2.05, 4.69) is 0 Å². The van der Waals surface area contributed by atoms with Gasteiger partial charge < -0.3 is 14.4 Å². The lowest BCUT2D eigenvalue weighted by molar-refractivity contribution is -0.133. The summed E-state index contributed by atoms with van der Waals surface area (Å²) in [6, 6.07) is 3.72. The summed E-state index contributed by atoms with van der Waals surface area (Å²) in [5.74, 6) is 1.52. The molecule has 0 fully saturated rings. The molecule has 2 aliphatic rings. The van der Waals surface area contributed by atoms with Crippen molar-refractivity contribution in [2.24, 2.45) is 0 Å². The number of aliphatic hydroxyl groups excluding tert-OH is 1. The number of carbonyl (C=O) groups is 1. The number of nitrogens with zero attached hydrogens (tertiary/aromatic N) is 1. The Morgan fingerprint density at radius 3 is 2.83 bits per heavy atom. The Kier molecular flexibility index (Phi) is 2.74. The standard InChI is InChI=1S/C14H17NO3/c1-9-6-7-10(18-9)8-15-13(16)11-4-2-3-5-12(11)14(15)17/h6-7,13,16H,2-5,8H2,1H3. The van der Waals surface area contributed by atoms with Gasteiger partial charge >= 0.3 is 0 Å². The minimum absolute atomic E-state index is 0.0220. The van der Waals surface area contributed by atoms with Crippen LogP contribution in [-0.2, 0) is 11.3 Å². The summed E-state index contributed by atoms with van der Waals surface area (Å²) in [4.78, 5) is 13.7. The third-order valence-electron chi connectivity index (χ3n) is 3.76. The van der Waals surface area contributed by atoms with Gasteiger partial charge in [0.2, 0.25) is 0 Å². The van der Waals surface area contributed by atoms with Crippen LogP contribution in [0.5, 0.6) is 0 Å². The molecule has 1 unspecified atom stereocenters. The second kappa shape index (κ2) is 4.28. The van der Waals surface area contributed by atoms with E-state index in [9.17, 15) is 9.90 Å². The maximum Gasteiger partial charge on any atom is 0.252 e. The van der Waals surface area contributed by atoms with Crippen LogP contribution in [0.15, 0.2) is 27.7 Å². The lowest BCUT2D eigenvalue weighted by atomic mass is 9.93. The minimum Gasteiger partial charge on any atom is -0.464 e. The summed E-state index contributed by atoms with van der Waals surface area (Å²) < 4.78 is 5.47. The molecule has 0 spiro atoms. The van der Waals surface area contributed by atoms with Crippen LogP contribution in [0.3, 0.4) is 0 Å². The number of hydrogen-bond acceptors (Lipinski definition) is 3. The Bertz CT molecular complexity index is 515. The van der Waals surface area contributed by atoms with Crippen molar-refractivity contribution in [3.05, 3.63) is 34.8 Å². The van der Waals surface area contributed by atoms with Gasteiger partial charge in [-0.15, -0.1) is 0 Å². The van der Waals surface area contributed by atoms with Crippen LogP contribution in [-0.4, -0.2) is 22.1 Å². The van der Waals surface area contributed by atoms with Gasteiger partial charge in [0.05, 0.1) is 6.54 Å². The number of aryl methyl sites for hydroxylation is 1. The van der Waals surface area contributed by atoms with E-state index >= 15 is 0 Å². The monoisotopic (exact) mass is 247 g/mol. The van der Waals surface area contributed by atoms with Gasteiger partial charge in [-0.2, -0.15) is 0 Å². The molecule has 96 valence electrons. The Balaban J connectivity index is 1.81. The van der Waals surface area contributed by atoms with E-state index in [1.807, 2.05) is 19.1 Å². The van der Waals surface area contributed by atoms with Gasteiger partial charge in [0.1, 0.15) is 11.5 Å². The molecule has 0 saturated carbocycles. The van der Waals surface area contributed by atoms with E-state index in [-0.39, 0.29) is 5.91 Å². The molecule has 0 aromatic carbocycles. The Labute approximate surface area is 106 Å². The Morgan fingerprint density at radius 2 is 2.17 bits per heavy atom. The van der Waals surface area contributed by atoms with Crippen LogP contribution < -0.4 is 0 Å². The van der Waals surface area contributed by atoms with Crippen molar-refractivity contribution in [2.45, 2.75) is 45.4 Å². The fourth-order valence-electron chi connectivity index (χ4n) is 2.83. The molecule has 1 N–H and O–H groups in total. The summed E-state index contributed by atoms with van der Waals surface area (Å²) in [5, 5.41) is 10.2. The first-order valence-corrected chi connectivity index (χ1v) is 6.43. The van der Waals surface area contributed by atoms with Crippen LogP contribution >= 0.6 is 0 Å². The quantitative estimate of drug-likeness (QED) is 0.871. The van der Waals surface area contributed by atoms with E-state index in [1.165, 1.54) is 4.90 Å². The van der Waals surface area contributed by atoms with Gasteiger partial charge in [-0.25, -0.2) is 0 Å². The highest BCUT2D eigenvalue weighted by Crippen LogP contribution is 2.36. The molecule has 1 aromatic heterocycles. The van der Waals surface area contributed by atoms with E-state index in [0.717, 1.165) is 48.3 Å². The second-order valence-corrected chi connectivity index (χ2v) is 5.03. The van der Waals surface area contributed by atoms with Crippen LogP contribution in [0.1, 0.15) is 37.2 Å². The molecule has 3 rings (SSSR count). The minimum atomic E-state index is -0.752. The van der Waals surface area contributed by atoms with Gasteiger partial charge in [0.25, 0.3) is 5.91 Å². The van der Waals surface area contributed by atoms with Gasteiger partial charge in [-0.3, -0.25) is 4.79 Å². The average molecular weight is 247 g/mol. The molecule has 1 aliphatic carbocycles. The first kappa shape index (κ1) is 11.5. The normalized spacial score (nSPS) is 23.8. The number of carbonyl (C=O) groups excluding carboxylic acids is 1. The maximum absolute atomic E-state index is 12.2. The Morgan fingerprint density at radius 1 is 1.39 bits per heavy atom. The average Bonchev–Trinajstić information content (AvgIpc) is 2.88. The van der Waals surface area contributed by atoms with Crippen molar-refractivity contribution in [1.29, 1.82) is 0 Å². The number of rotatable bonds is 2. The summed E-state index contributed by atoms with van der Waals surface area (Å²) in [6.45, 7) is 2.22. The molecule has 4 nitrogen and oxygen atoms in total. The predicted octanol–water partition coefficient (Wildman–Crippen LogP) is 2.12. The highest BCUT2D eigenvalue weighted by atomic mass is 16.3. The van der Waals surface area contributed by atoms with Crippen LogP contribution in [0.4, 0.5) is 0 Å².